The third-order valence-electron chi connectivity index (χ3n) is 5.45. The number of amides is 1. The summed E-state index contributed by atoms with van der Waals surface area (Å²) in [6.07, 6.45) is 7.12. The molecule has 0 saturated heterocycles. The highest BCUT2D eigenvalue weighted by Gasteiger charge is 2.26. The van der Waals surface area contributed by atoms with E-state index >= 15 is 0 Å². The minimum atomic E-state index is 0.0509. The number of aromatic nitrogens is 3. The number of benzene rings is 1. The lowest BCUT2D eigenvalue weighted by Crippen LogP contribution is -2.28. The number of anilines is 1. The largest absolute Gasteiger partial charge is 0.327 e. The van der Waals surface area contributed by atoms with Crippen LogP contribution in [0.3, 0.4) is 0 Å². The molecule has 25 heavy (non-hydrogen) atoms. The molecule has 2 heterocycles. The summed E-state index contributed by atoms with van der Waals surface area (Å²) in [6, 6.07) is 8.05. The van der Waals surface area contributed by atoms with E-state index in [0.29, 0.717) is 12.3 Å². The Labute approximate surface area is 147 Å². The van der Waals surface area contributed by atoms with Gasteiger partial charge in [0.15, 0.2) is 5.82 Å². The Morgan fingerprint density at radius 1 is 1.16 bits per heavy atom. The third kappa shape index (κ3) is 3.44. The lowest BCUT2D eigenvalue weighted by Gasteiger charge is -2.15. The van der Waals surface area contributed by atoms with Crippen LogP contribution in [-0.4, -0.2) is 26.7 Å². The Bertz CT molecular complexity index is 752. The van der Waals surface area contributed by atoms with E-state index in [-0.39, 0.29) is 11.9 Å². The average Bonchev–Trinajstić information content (AvgIpc) is 3.22. The standard InChI is InChI=1S/C19H25N5O/c20-16-5-3-4-14(16)12-18(25)21-15-9-7-13(8-10-15)19-23-22-17-6-1-2-11-24(17)19/h7-10,14,16H,1-6,11-12,20H2,(H,21,25)/t14-,16+/m0/s1. The molecule has 1 amide bonds. The van der Waals surface area contributed by atoms with E-state index < -0.39 is 0 Å². The minimum absolute atomic E-state index is 0.0509. The van der Waals surface area contributed by atoms with E-state index in [1.807, 2.05) is 24.3 Å². The number of hydrogen-bond acceptors (Lipinski definition) is 4. The van der Waals surface area contributed by atoms with Crippen molar-refractivity contribution in [2.45, 2.75) is 57.5 Å². The van der Waals surface area contributed by atoms with E-state index in [4.69, 9.17) is 5.73 Å². The molecule has 1 fully saturated rings. The maximum atomic E-state index is 12.2. The molecular formula is C19H25N5O. The number of rotatable bonds is 4. The van der Waals surface area contributed by atoms with Gasteiger partial charge in [-0.2, -0.15) is 0 Å². The molecule has 0 bridgehead atoms. The molecule has 2 aromatic rings. The summed E-state index contributed by atoms with van der Waals surface area (Å²) in [5.74, 6) is 2.37. The van der Waals surface area contributed by atoms with Gasteiger partial charge < -0.3 is 15.6 Å². The van der Waals surface area contributed by atoms with Gasteiger partial charge in [0, 0.05) is 36.7 Å². The number of nitrogens with two attached hydrogens (primary N) is 1. The van der Waals surface area contributed by atoms with Crippen molar-refractivity contribution in [3.8, 4) is 11.4 Å². The first kappa shape index (κ1) is 16.3. The summed E-state index contributed by atoms with van der Waals surface area (Å²) < 4.78 is 2.21. The molecule has 1 aliphatic carbocycles. The first-order chi connectivity index (χ1) is 12.2. The second-order valence-electron chi connectivity index (χ2n) is 7.23. The molecule has 6 nitrogen and oxygen atoms in total. The van der Waals surface area contributed by atoms with E-state index in [2.05, 4.69) is 20.1 Å². The highest BCUT2D eigenvalue weighted by molar-refractivity contribution is 5.91. The van der Waals surface area contributed by atoms with Crippen molar-refractivity contribution in [1.82, 2.24) is 14.8 Å². The van der Waals surface area contributed by atoms with Crippen LogP contribution >= 0.6 is 0 Å². The van der Waals surface area contributed by atoms with Crippen LogP contribution in [0, 0.1) is 5.92 Å². The van der Waals surface area contributed by atoms with Gasteiger partial charge >= 0.3 is 0 Å². The Balaban J connectivity index is 1.42. The van der Waals surface area contributed by atoms with Crippen LogP contribution in [0.1, 0.15) is 44.3 Å². The summed E-state index contributed by atoms with van der Waals surface area (Å²) in [4.78, 5) is 12.2. The number of carbonyl (C=O) groups is 1. The van der Waals surface area contributed by atoms with Crippen molar-refractivity contribution >= 4 is 11.6 Å². The van der Waals surface area contributed by atoms with Crippen molar-refractivity contribution in [1.29, 1.82) is 0 Å². The minimum Gasteiger partial charge on any atom is -0.327 e. The fraction of sp³-hybridized carbons (Fsp3) is 0.526. The Hall–Kier alpha value is -2.21. The van der Waals surface area contributed by atoms with Gasteiger partial charge in [-0.15, -0.1) is 10.2 Å². The summed E-state index contributed by atoms with van der Waals surface area (Å²) in [6.45, 7) is 0.984. The van der Waals surface area contributed by atoms with Gasteiger partial charge in [0.1, 0.15) is 5.82 Å². The summed E-state index contributed by atoms with van der Waals surface area (Å²) >= 11 is 0. The number of carbonyl (C=O) groups excluding carboxylic acids is 1. The Kier molecular flexibility index (Phi) is 4.53. The van der Waals surface area contributed by atoms with Crippen LogP contribution < -0.4 is 11.1 Å². The smallest absolute Gasteiger partial charge is 0.224 e. The zero-order valence-electron chi connectivity index (χ0n) is 14.4. The SMILES string of the molecule is N[C@@H]1CCC[C@H]1CC(=O)Nc1ccc(-c2nnc3n2CCCC3)cc1. The fourth-order valence-corrected chi connectivity index (χ4v) is 3.99. The molecule has 1 saturated carbocycles. The second-order valence-corrected chi connectivity index (χ2v) is 7.23. The van der Waals surface area contributed by atoms with Crippen molar-refractivity contribution < 1.29 is 4.79 Å². The quantitative estimate of drug-likeness (QED) is 0.897. The topological polar surface area (TPSA) is 85.8 Å². The molecule has 2 aliphatic rings. The number of hydrogen-bond donors (Lipinski definition) is 2. The van der Waals surface area contributed by atoms with Crippen LogP contribution in [-0.2, 0) is 17.8 Å². The Morgan fingerprint density at radius 3 is 2.76 bits per heavy atom. The Morgan fingerprint density at radius 2 is 2.00 bits per heavy atom. The molecule has 132 valence electrons. The summed E-state index contributed by atoms with van der Waals surface area (Å²) in [7, 11) is 0. The first-order valence-corrected chi connectivity index (χ1v) is 9.28. The number of nitrogens with zero attached hydrogens (tertiary/aromatic N) is 3. The van der Waals surface area contributed by atoms with Crippen molar-refractivity contribution in [3.63, 3.8) is 0 Å². The van der Waals surface area contributed by atoms with Gasteiger partial charge in [-0.1, -0.05) is 6.42 Å². The molecule has 1 aromatic heterocycles. The zero-order valence-corrected chi connectivity index (χ0v) is 14.4. The predicted molar refractivity (Wildman–Crippen MR) is 97.0 cm³/mol. The van der Waals surface area contributed by atoms with Crippen LogP contribution in [0.4, 0.5) is 5.69 Å². The normalized spacial score (nSPS) is 22.6. The fourth-order valence-electron chi connectivity index (χ4n) is 3.99. The van der Waals surface area contributed by atoms with Gasteiger partial charge in [-0.05, 0) is 55.9 Å². The van der Waals surface area contributed by atoms with E-state index in [9.17, 15) is 4.79 Å². The predicted octanol–water partition coefficient (Wildman–Crippen LogP) is 2.74. The average molecular weight is 339 g/mol. The molecule has 1 aromatic carbocycles. The highest BCUT2D eigenvalue weighted by Crippen LogP contribution is 2.28. The number of aryl methyl sites for hydroxylation is 1. The van der Waals surface area contributed by atoms with Crippen LogP contribution in [0.2, 0.25) is 0 Å². The number of nitrogens with one attached hydrogen (secondary N) is 1. The monoisotopic (exact) mass is 339 g/mol. The summed E-state index contributed by atoms with van der Waals surface area (Å²) in [5.41, 5.74) is 7.91. The van der Waals surface area contributed by atoms with E-state index in [0.717, 1.165) is 55.1 Å². The third-order valence-corrected chi connectivity index (χ3v) is 5.45. The van der Waals surface area contributed by atoms with Crippen molar-refractivity contribution in [2.24, 2.45) is 11.7 Å². The van der Waals surface area contributed by atoms with Crippen LogP contribution in [0.5, 0.6) is 0 Å². The van der Waals surface area contributed by atoms with Gasteiger partial charge in [0.25, 0.3) is 0 Å². The molecule has 6 heteroatoms. The molecule has 1 aliphatic heterocycles. The lowest BCUT2D eigenvalue weighted by molar-refractivity contribution is -0.117. The molecule has 0 radical (unpaired) electrons. The van der Waals surface area contributed by atoms with E-state index in [1.54, 1.807) is 0 Å². The van der Waals surface area contributed by atoms with Crippen molar-refractivity contribution in [3.05, 3.63) is 30.1 Å². The lowest BCUT2D eigenvalue weighted by atomic mass is 10.00. The van der Waals surface area contributed by atoms with Crippen LogP contribution in [0.15, 0.2) is 24.3 Å². The first-order valence-electron chi connectivity index (χ1n) is 9.28. The molecule has 4 rings (SSSR count). The second kappa shape index (κ2) is 6.96. The van der Waals surface area contributed by atoms with Gasteiger partial charge in [0.05, 0.1) is 0 Å². The van der Waals surface area contributed by atoms with E-state index in [1.165, 1.54) is 12.8 Å². The van der Waals surface area contributed by atoms with Gasteiger partial charge in [-0.25, -0.2) is 0 Å². The zero-order chi connectivity index (χ0) is 17.2. The summed E-state index contributed by atoms with van der Waals surface area (Å²) in [5, 5.41) is 11.6. The molecular weight excluding hydrogens is 314 g/mol. The molecule has 2 atom stereocenters. The number of fused-ring (bicyclic) bond motifs is 1. The molecule has 0 unspecified atom stereocenters. The maximum absolute atomic E-state index is 12.2. The molecule has 0 spiro atoms. The maximum Gasteiger partial charge on any atom is 0.224 e. The van der Waals surface area contributed by atoms with Gasteiger partial charge in [0.2, 0.25) is 5.91 Å². The van der Waals surface area contributed by atoms with Gasteiger partial charge in [-0.3, -0.25) is 4.79 Å². The van der Waals surface area contributed by atoms with Crippen molar-refractivity contribution in [2.75, 3.05) is 5.32 Å². The van der Waals surface area contributed by atoms with Crippen LogP contribution in [0.25, 0.3) is 11.4 Å². The molecule has 3 N–H and O–H groups in total. The highest BCUT2D eigenvalue weighted by atomic mass is 16.1.